The molecule has 8 nitrogen and oxygen atoms in total. The van der Waals surface area contributed by atoms with E-state index >= 15 is 0 Å². The number of carbonyl (C=O) groups excluding carboxylic acids is 2. The number of hydrogen-bond acceptors (Lipinski definition) is 7. The second-order valence-electron chi connectivity index (χ2n) is 5.76. The zero-order chi connectivity index (χ0) is 18.6. The summed E-state index contributed by atoms with van der Waals surface area (Å²) in [4.78, 5) is 49.0. The molecule has 1 aliphatic rings. The maximum Gasteiger partial charge on any atom is 0.330 e. The fraction of sp³-hybridized carbons (Fsp3) is 0.625. The Labute approximate surface area is 148 Å². The molecule has 0 aromatic carbocycles. The second kappa shape index (κ2) is 8.48. The van der Waals surface area contributed by atoms with Gasteiger partial charge in [-0.2, -0.15) is 0 Å². The van der Waals surface area contributed by atoms with Crippen molar-refractivity contribution in [3.63, 3.8) is 0 Å². The van der Waals surface area contributed by atoms with Gasteiger partial charge in [0.1, 0.15) is 18.4 Å². The zero-order valence-electron chi connectivity index (χ0n) is 14.4. The van der Waals surface area contributed by atoms with Crippen molar-refractivity contribution < 1.29 is 19.1 Å². The van der Waals surface area contributed by atoms with E-state index in [0.717, 1.165) is 11.8 Å². The van der Waals surface area contributed by atoms with Crippen LogP contribution in [-0.2, 0) is 19.1 Å². The normalized spacial score (nSPS) is 22.8. The number of aromatic nitrogens is 2. The van der Waals surface area contributed by atoms with E-state index in [1.54, 1.807) is 20.8 Å². The third-order valence-electron chi connectivity index (χ3n) is 3.91. The van der Waals surface area contributed by atoms with E-state index < -0.39 is 29.7 Å². The van der Waals surface area contributed by atoms with Crippen molar-refractivity contribution in [2.75, 3.05) is 5.75 Å². The van der Waals surface area contributed by atoms with Gasteiger partial charge in [-0.1, -0.05) is 25.6 Å². The molecule has 1 aromatic heterocycles. The minimum absolute atomic E-state index is 0.0182. The molecular formula is C16H22N2O6S. The fourth-order valence-corrected chi connectivity index (χ4v) is 3.32. The summed E-state index contributed by atoms with van der Waals surface area (Å²) >= 11 is 1.12. The third kappa shape index (κ3) is 4.82. The number of nitrogens with zero attached hydrogens (tertiary/aromatic N) is 1. The van der Waals surface area contributed by atoms with Crippen molar-refractivity contribution in [2.24, 2.45) is 0 Å². The average Bonchev–Trinajstić information content (AvgIpc) is 2.98. The highest BCUT2D eigenvalue weighted by molar-refractivity contribution is 8.13. The highest BCUT2D eigenvalue weighted by Gasteiger charge is 2.39. The fourth-order valence-electron chi connectivity index (χ4n) is 2.47. The van der Waals surface area contributed by atoms with Crippen LogP contribution in [0.4, 0.5) is 0 Å². The van der Waals surface area contributed by atoms with E-state index in [0.29, 0.717) is 17.7 Å². The van der Waals surface area contributed by atoms with Gasteiger partial charge < -0.3 is 9.47 Å². The van der Waals surface area contributed by atoms with E-state index in [4.69, 9.17) is 9.47 Å². The highest BCUT2D eigenvalue weighted by Crippen LogP contribution is 2.32. The first kappa shape index (κ1) is 19.5. The Morgan fingerprint density at radius 3 is 2.72 bits per heavy atom. The molecule has 2 rings (SSSR count). The lowest BCUT2D eigenvalue weighted by Crippen LogP contribution is -2.33. The molecular weight excluding hydrogens is 348 g/mol. The predicted molar refractivity (Wildman–Crippen MR) is 92.5 cm³/mol. The van der Waals surface area contributed by atoms with E-state index in [1.165, 1.54) is 10.8 Å². The quantitative estimate of drug-likeness (QED) is 0.748. The molecule has 0 aliphatic carbocycles. The third-order valence-corrected chi connectivity index (χ3v) is 5.01. The van der Waals surface area contributed by atoms with Crippen LogP contribution in [-0.4, -0.2) is 38.6 Å². The molecule has 0 bridgehead atoms. The SMILES string of the molecule is CCC(=O)OC1CC(n2cc(C)c(=O)[nH]c2=O)OC1CSC(=O)CC. The number of rotatable bonds is 6. The van der Waals surface area contributed by atoms with Crippen LogP contribution in [0, 0.1) is 6.92 Å². The average molecular weight is 370 g/mol. The number of nitrogens with one attached hydrogen (secondary N) is 1. The largest absolute Gasteiger partial charge is 0.459 e. The van der Waals surface area contributed by atoms with Crippen LogP contribution >= 0.6 is 11.8 Å². The van der Waals surface area contributed by atoms with Crippen LogP contribution in [0.3, 0.4) is 0 Å². The summed E-state index contributed by atoms with van der Waals surface area (Å²) in [7, 11) is 0. The first-order chi connectivity index (χ1) is 11.8. The molecule has 138 valence electrons. The Bertz CT molecular complexity index is 756. The Hall–Kier alpha value is -1.87. The Morgan fingerprint density at radius 1 is 1.36 bits per heavy atom. The van der Waals surface area contributed by atoms with Crippen LogP contribution in [0.5, 0.6) is 0 Å². The number of esters is 1. The number of ether oxygens (including phenoxy) is 2. The summed E-state index contributed by atoms with van der Waals surface area (Å²) in [5.74, 6) is -0.0295. The molecule has 1 N–H and O–H groups in total. The summed E-state index contributed by atoms with van der Waals surface area (Å²) in [5, 5.41) is 0.0182. The minimum Gasteiger partial charge on any atom is -0.459 e. The molecule has 0 radical (unpaired) electrons. The summed E-state index contributed by atoms with van der Waals surface area (Å²) in [6, 6.07) is 0. The van der Waals surface area contributed by atoms with Gasteiger partial charge in [-0.15, -0.1) is 0 Å². The first-order valence-corrected chi connectivity index (χ1v) is 9.16. The number of thioether (sulfide) groups is 1. The zero-order valence-corrected chi connectivity index (χ0v) is 15.3. The van der Waals surface area contributed by atoms with Crippen LogP contribution in [0.25, 0.3) is 0 Å². The molecule has 1 aliphatic heterocycles. The van der Waals surface area contributed by atoms with Gasteiger partial charge >= 0.3 is 11.7 Å². The van der Waals surface area contributed by atoms with Gasteiger partial charge in [-0.3, -0.25) is 23.9 Å². The topological polar surface area (TPSA) is 107 Å². The molecule has 0 saturated carbocycles. The monoisotopic (exact) mass is 370 g/mol. The predicted octanol–water partition coefficient (Wildman–Crippen LogP) is 1.12. The standard InChI is InChI=1S/C16H22N2O6S/c1-4-13(19)24-10-6-12(23-11(10)8-25-14(20)5-2)18-7-9(3)15(21)17-16(18)22/h7,10-12H,4-6,8H2,1-3H3,(H,17,21,22). The summed E-state index contributed by atoms with van der Waals surface area (Å²) in [6.07, 6.45) is 0.625. The van der Waals surface area contributed by atoms with E-state index in [9.17, 15) is 19.2 Å². The molecule has 1 aromatic rings. The van der Waals surface area contributed by atoms with E-state index in [2.05, 4.69) is 4.98 Å². The van der Waals surface area contributed by atoms with Gasteiger partial charge in [0.05, 0.1) is 0 Å². The van der Waals surface area contributed by atoms with Crippen molar-refractivity contribution in [1.29, 1.82) is 0 Å². The second-order valence-corrected chi connectivity index (χ2v) is 6.84. The maximum absolute atomic E-state index is 12.0. The van der Waals surface area contributed by atoms with Crippen molar-refractivity contribution in [2.45, 2.75) is 58.5 Å². The van der Waals surface area contributed by atoms with Crippen LogP contribution in [0.15, 0.2) is 15.8 Å². The molecule has 0 spiro atoms. The van der Waals surface area contributed by atoms with Gasteiger partial charge in [0.2, 0.25) is 0 Å². The summed E-state index contributed by atoms with van der Waals surface area (Å²) in [6.45, 7) is 5.05. The van der Waals surface area contributed by atoms with Crippen molar-refractivity contribution in [1.82, 2.24) is 9.55 Å². The van der Waals surface area contributed by atoms with Gasteiger partial charge in [0.15, 0.2) is 5.12 Å². The minimum atomic E-state index is -0.667. The van der Waals surface area contributed by atoms with Crippen LogP contribution in [0.1, 0.15) is 44.9 Å². The molecule has 1 saturated heterocycles. The van der Waals surface area contributed by atoms with Crippen molar-refractivity contribution in [3.05, 3.63) is 32.6 Å². The molecule has 3 unspecified atom stereocenters. The Morgan fingerprint density at radius 2 is 2.08 bits per heavy atom. The highest BCUT2D eigenvalue weighted by atomic mass is 32.2. The summed E-state index contributed by atoms with van der Waals surface area (Å²) in [5.41, 5.74) is -0.655. The number of H-pyrrole nitrogens is 1. The molecule has 25 heavy (non-hydrogen) atoms. The van der Waals surface area contributed by atoms with Crippen molar-refractivity contribution >= 4 is 22.8 Å². The number of aryl methyl sites for hydroxylation is 1. The van der Waals surface area contributed by atoms with E-state index in [-0.39, 0.29) is 23.9 Å². The molecule has 1 fully saturated rings. The number of aromatic amines is 1. The lowest BCUT2D eigenvalue weighted by Gasteiger charge is -2.18. The molecule has 0 amide bonds. The molecule has 9 heteroatoms. The van der Waals surface area contributed by atoms with Gasteiger partial charge in [0, 0.05) is 36.8 Å². The van der Waals surface area contributed by atoms with Crippen molar-refractivity contribution in [3.8, 4) is 0 Å². The van der Waals surface area contributed by atoms with Gasteiger partial charge in [-0.25, -0.2) is 4.79 Å². The van der Waals surface area contributed by atoms with E-state index in [1.807, 2.05) is 0 Å². The lowest BCUT2D eigenvalue weighted by atomic mass is 10.2. The Kier molecular flexibility index (Phi) is 6.60. The Balaban J connectivity index is 2.20. The lowest BCUT2D eigenvalue weighted by molar-refractivity contribution is -0.150. The molecule has 2 heterocycles. The molecule has 3 atom stereocenters. The van der Waals surface area contributed by atoms with Gasteiger partial charge in [-0.05, 0) is 6.92 Å². The number of carbonyl (C=O) groups is 2. The summed E-state index contributed by atoms with van der Waals surface area (Å²) < 4.78 is 12.6. The maximum atomic E-state index is 12.0. The van der Waals surface area contributed by atoms with Gasteiger partial charge in [0.25, 0.3) is 5.56 Å². The van der Waals surface area contributed by atoms with Crippen LogP contribution < -0.4 is 11.2 Å². The number of hydrogen-bond donors (Lipinski definition) is 1. The first-order valence-electron chi connectivity index (χ1n) is 8.18. The smallest absolute Gasteiger partial charge is 0.330 e. The van der Waals surface area contributed by atoms with Crippen LogP contribution in [0.2, 0.25) is 0 Å².